The van der Waals surface area contributed by atoms with Crippen molar-refractivity contribution in [3.8, 4) is 0 Å². The molecule has 1 fully saturated rings. The molecule has 5 nitrogen and oxygen atoms in total. The molecule has 2 N–H and O–H groups in total. The summed E-state index contributed by atoms with van der Waals surface area (Å²) in [7, 11) is 0. The fraction of sp³-hybridized carbons (Fsp3) is 0.350. The number of thioether (sulfide) groups is 1. The van der Waals surface area contributed by atoms with Crippen LogP contribution in [0, 0.1) is 5.92 Å². The summed E-state index contributed by atoms with van der Waals surface area (Å²) in [5, 5.41) is 6.78. The molecule has 136 valence electrons. The Kier molecular flexibility index (Phi) is 5.93. The van der Waals surface area contributed by atoms with Gasteiger partial charge in [0.2, 0.25) is 5.91 Å². The van der Waals surface area contributed by atoms with E-state index in [9.17, 15) is 9.59 Å². The van der Waals surface area contributed by atoms with Crippen molar-refractivity contribution >= 4 is 29.3 Å². The second-order valence-corrected chi connectivity index (χ2v) is 7.68. The molecule has 2 amide bonds. The fourth-order valence-electron chi connectivity index (χ4n) is 2.59. The van der Waals surface area contributed by atoms with Crippen molar-refractivity contribution in [3.63, 3.8) is 0 Å². The minimum Gasteiger partial charge on any atom is -0.346 e. The molecule has 1 aromatic carbocycles. The summed E-state index contributed by atoms with van der Waals surface area (Å²) in [6.07, 6.45) is 3.63. The van der Waals surface area contributed by atoms with E-state index in [0.29, 0.717) is 5.56 Å². The predicted molar refractivity (Wildman–Crippen MR) is 104 cm³/mol. The van der Waals surface area contributed by atoms with Gasteiger partial charge in [-0.05, 0) is 55.3 Å². The molecule has 1 saturated carbocycles. The summed E-state index contributed by atoms with van der Waals surface area (Å²) < 4.78 is 0. The highest BCUT2D eigenvalue weighted by Gasteiger charge is 2.29. The molecule has 3 rings (SSSR count). The normalized spacial score (nSPS) is 14.5. The number of carbonyl (C=O) groups excluding carboxylic acids is 2. The molecule has 6 heteroatoms. The lowest BCUT2D eigenvalue weighted by atomic mass is 10.1. The number of benzene rings is 1. The van der Waals surface area contributed by atoms with Gasteiger partial charge in [0.1, 0.15) is 0 Å². The zero-order chi connectivity index (χ0) is 18.5. The smallest absolute Gasteiger partial charge is 0.251 e. The monoisotopic (exact) mass is 369 g/mol. The second-order valence-electron chi connectivity index (χ2n) is 6.40. The molecule has 2 aromatic rings. The van der Waals surface area contributed by atoms with Gasteiger partial charge in [-0.15, -0.1) is 11.8 Å². The summed E-state index contributed by atoms with van der Waals surface area (Å²) in [5.74, 6) is 1.07. The number of hydrogen-bond donors (Lipinski definition) is 2. The molecule has 0 radical (unpaired) electrons. The van der Waals surface area contributed by atoms with Crippen molar-refractivity contribution in [1.82, 2.24) is 10.3 Å². The quantitative estimate of drug-likeness (QED) is 0.723. The Balaban J connectivity index is 1.59. The molecule has 1 aliphatic carbocycles. The SMILES string of the molecule is CCSc1cc(C(=O)NC(C)c2ccc(NC(=O)C3CC3)cc2)ccn1. The Bertz CT molecular complexity index is 788. The van der Waals surface area contributed by atoms with Crippen molar-refractivity contribution in [2.24, 2.45) is 5.92 Å². The molecule has 0 saturated heterocycles. The number of aromatic nitrogens is 1. The van der Waals surface area contributed by atoms with E-state index in [1.165, 1.54) is 0 Å². The molecule has 1 heterocycles. The third-order valence-electron chi connectivity index (χ3n) is 4.26. The number of rotatable bonds is 7. The second kappa shape index (κ2) is 8.36. The summed E-state index contributed by atoms with van der Waals surface area (Å²) >= 11 is 1.61. The van der Waals surface area contributed by atoms with E-state index in [1.54, 1.807) is 24.0 Å². The third-order valence-corrected chi connectivity index (χ3v) is 5.07. The average Bonchev–Trinajstić information content (AvgIpc) is 3.48. The van der Waals surface area contributed by atoms with Gasteiger partial charge < -0.3 is 10.6 Å². The van der Waals surface area contributed by atoms with Crippen LogP contribution >= 0.6 is 11.8 Å². The van der Waals surface area contributed by atoms with E-state index in [-0.39, 0.29) is 23.8 Å². The largest absolute Gasteiger partial charge is 0.346 e. The van der Waals surface area contributed by atoms with Crippen LogP contribution in [0.5, 0.6) is 0 Å². The van der Waals surface area contributed by atoms with Crippen LogP contribution in [0.4, 0.5) is 5.69 Å². The first-order chi connectivity index (χ1) is 12.6. The van der Waals surface area contributed by atoms with Gasteiger partial charge in [-0.1, -0.05) is 19.1 Å². The van der Waals surface area contributed by atoms with Gasteiger partial charge >= 0.3 is 0 Å². The van der Waals surface area contributed by atoms with Crippen LogP contribution in [0.3, 0.4) is 0 Å². The summed E-state index contributed by atoms with van der Waals surface area (Å²) in [5.41, 5.74) is 2.38. The van der Waals surface area contributed by atoms with Crippen molar-refractivity contribution in [3.05, 3.63) is 53.7 Å². The van der Waals surface area contributed by atoms with Crippen LogP contribution < -0.4 is 10.6 Å². The van der Waals surface area contributed by atoms with Gasteiger partial charge in [-0.3, -0.25) is 9.59 Å². The van der Waals surface area contributed by atoms with Crippen LogP contribution in [0.1, 0.15) is 48.7 Å². The average molecular weight is 369 g/mol. The molecule has 0 bridgehead atoms. The van der Waals surface area contributed by atoms with Crippen LogP contribution in [-0.4, -0.2) is 22.6 Å². The molecule has 26 heavy (non-hydrogen) atoms. The summed E-state index contributed by atoms with van der Waals surface area (Å²) in [6, 6.07) is 11.0. The highest BCUT2D eigenvalue weighted by Crippen LogP contribution is 2.30. The van der Waals surface area contributed by atoms with Crippen LogP contribution in [0.25, 0.3) is 0 Å². The topological polar surface area (TPSA) is 71.1 Å². The zero-order valence-electron chi connectivity index (χ0n) is 15.0. The van der Waals surface area contributed by atoms with E-state index in [2.05, 4.69) is 22.5 Å². The Morgan fingerprint density at radius 3 is 2.62 bits per heavy atom. The molecular weight excluding hydrogens is 346 g/mol. The first-order valence-corrected chi connectivity index (χ1v) is 9.86. The first kappa shape index (κ1) is 18.5. The van der Waals surface area contributed by atoms with Gasteiger partial charge in [-0.25, -0.2) is 4.98 Å². The molecule has 0 spiro atoms. The number of hydrogen-bond acceptors (Lipinski definition) is 4. The number of nitrogens with zero attached hydrogens (tertiary/aromatic N) is 1. The Morgan fingerprint density at radius 1 is 1.23 bits per heavy atom. The highest BCUT2D eigenvalue weighted by molar-refractivity contribution is 7.99. The number of nitrogens with one attached hydrogen (secondary N) is 2. The number of amides is 2. The van der Waals surface area contributed by atoms with Gasteiger partial charge in [0.05, 0.1) is 11.1 Å². The van der Waals surface area contributed by atoms with Crippen molar-refractivity contribution < 1.29 is 9.59 Å². The molecule has 1 atom stereocenters. The maximum Gasteiger partial charge on any atom is 0.251 e. The van der Waals surface area contributed by atoms with E-state index in [1.807, 2.05) is 37.3 Å². The number of anilines is 1. The van der Waals surface area contributed by atoms with Gasteiger partial charge in [-0.2, -0.15) is 0 Å². The van der Waals surface area contributed by atoms with Gasteiger partial charge in [0, 0.05) is 23.4 Å². The van der Waals surface area contributed by atoms with E-state index >= 15 is 0 Å². The lowest BCUT2D eigenvalue weighted by Gasteiger charge is -2.15. The third kappa shape index (κ3) is 4.85. The minimum atomic E-state index is -0.133. The van der Waals surface area contributed by atoms with E-state index in [4.69, 9.17) is 0 Å². The Morgan fingerprint density at radius 2 is 1.96 bits per heavy atom. The molecular formula is C20H23N3O2S. The lowest BCUT2D eigenvalue weighted by Crippen LogP contribution is -2.26. The number of pyridine rings is 1. The summed E-state index contributed by atoms with van der Waals surface area (Å²) in [6.45, 7) is 4.00. The van der Waals surface area contributed by atoms with Gasteiger partial charge in [0.25, 0.3) is 5.91 Å². The first-order valence-electron chi connectivity index (χ1n) is 8.87. The molecule has 1 aromatic heterocycles. The Labute approximate surface area is 158 Å². The lowest BCUT2D eigenvalue weighted by molar-refractivity contribution is -0.117. The Hall–Kier alpha value is -2.34. The van der Waals surface area contributed by atoms with Crippen LogP contribution in [0.15, 0.2) is 47.6 Å². The van der Waals surface area contributed by atoms with Crippen molar-refractivity contribution in [1.29, 1.82) is 0 Å². The minimum absolute atomic E-state index is 0.0949. The van der Waals surface area contributed by atoms with Crippen molar-refractivity contribution in [2.75, 3.05) is 11.1 Å². The standard InChI is InChI=1S/C20H23N3O2S/c1-3-26-18-12-16(10-11-21-18)20(25)22-13(2)14-6-8-17(9-7-14)23-19(24)15-4-5-15/h6-13,15H,3-5H2,1-2H3,(H,22,25)(H,23,24). The van der Waals surface area contributed by atoms with Crippen LogP contribution in [0.2, 0.25) is 0 Å². The van der Waals surface area contributed by atoms with E-state index < -0.39 is 0 Å². The maximum absolute atomic E-state index is 12.5. The van der Waals surface area contributed by atoms with E-state index in [0.717, 1.165) is 34.9 Å². The molecule has 0 aliphatic heterocycles. The molecule has 1 aliphatic rings. The van der Waals surface area contributed by atoms with Gasteiger partial charge in [0.15, 0.2) is 0 Å². The zero-order valence-corrected chi connectivity index (χ0v) is 15.8. The highest BCUT2D eigenvalue weighted by atomic mass is 32.2. The van der Waals surface area contributed by atoms with Crippen LogP contribution in [-0.2, 0) is 4.79 Å². The summed E-state index contributed by atoms with van der Waals surface area (Å²) in [4.78, 5) is 28.5. The predicted octanol–water partition coefficient (Wildman–Crippen LogP) is 4.03. The molecule has 1 unspecified atom stereocenters. The maximum atomic E-state index is 12.5. The van der Waals surface area contributed by atoms with Crippen molar-refractivity contribution in [2.45, 2.75) is 37.8 Å². The number of carbonyl (C=O) groups is 2. The fourth-order valence-corrected chi connectivity index (χ4v) is 3.23.